The third kappa shape index (κ3) is 4.33. The maximum absolute atomic E-state index is 13.2. The van der Waals surface area contributed by atoms with E-state index in [1.807, 2.05) is 0 Å². The molecule has 1 aromatic heterocycles. The van der Waals surface area contributed by atoms with Gasteiger partial charge >= 0.3 is 0 Å². The van der Waals surface area contributed by atoms with Crippen molar-refractivity contribution in [1.82, 2.24) is 10.3 Å². The molecule has 0 aliphatic heterocycles. The van der Waals surface area contributed by atoms with Gasteiger partial charge in [0.1, 0.15) is 0 Å². The van der Waals surface area contributed by atoms with Crippen molar-refractivity contribution >= 4 is 5.91 Å². The minimum Gasteiger partial charge on any atom is -0.396 e. The van der Waals surface area contributed by atoms with Crippen molar-refractivity contribution in [2.75, 3.05) is 13.2 Å². The molecule has 1 amide bonds. The van der Waals surface area contributed by atoms with Crippen LogP contribution in [0.1, 0.15) is 15.9 Å². The average Bonchev–Trinajstić information content (AvgIpc) is 2.55. The van der Waals surface area contributed by atoms with Gasteiger partial charge in [-0.15, -0.1) is 0 Å². The summed E-state index contributed by atoms with van der Waals surface area (Å²) in [5.74, 6) is -2.41. The van der Waals surface area contributed by atoms with Gasteiger partial charge in [-0.1, -0.05) is 6.07 Å². The number of aliphatic hydroxyl groups excluding tert-OH is 1. The van der Waals surface area contributed by atoms with Gasteiger partial charge in [-0.3, -0.25) is 9.78 Å². The number of nitrogens with zero attached hydrogens (tertiary/aromatic N) is 1. The first-order valence-corrected chi connectivity index (χ1v) is 6.83. The van der Waals surface area contributed by atoms with Crippen LogP contribution in [-0.2, 0) is 6.42 Å². The summed E-state index contributed by atoms with van der Waals surface area (Å²) in [6.07, 6.45) is 3.34. The third-order valence-corrected chi connectivity index (χ3v) is 3.24. The molecule has 0 radical (unpaired) electrons. The molecule has 0 spiro atoms. The lowest BCUT2D eigenvalue weighted by molar-refractivity contribution is 0.0939. The first-order valence-electron chi connectivity index (χ1n) is 6.83. The zero-order chi connectivity index (χ0) is 15.9. The van der Waals surface area contributed by atoms with Crippen LogP contribution in [0.5, 0.6) is 0 Å². The van der Waals surface area contributed by atoms with Gasteiger partial charge in [0, 0.05) is 31.5 Å². The van der Waals surface area contributed by atoms with E-state index in [4.69, 9.17) is 0 Å². The Kier molecular flexibility index (Phi) is 5.55. The molecule has 0 aliphatic carbocycles. The van der Waals surface area contributed by atoms with Crippen LogP contribution in [0.3, 0.4) is 0 Å². The highest BCUT2D eigenvalue weighted by Gasteiger charge is 2.13. The molecule has 0 saturated heterocycles. The number of benzene rings is 1. The largest absolute Gasteiger partial charge is 0.396 e. The van der Waals surface area contributed by atoms with Gasteiger partial charge < -0.3 is 10.4 Å². The number of halogens is 2. The van der Waals surface area contributed by atoms with Crippen molar-refractivity contribution in [2.24, 2.45) is 5.92 Å². The van der Waals surface area contributed by atoms with E-state index in [2.05, 4.69) is 10.3 Å². The highest BCUT2D eigenvalue weighted by molar-refractivity contribution is 5.93. The Balaban J connectivity index is 1.92. The topological polar surface area (TPSA) is 62.2 Å². The van der Waals surface area contributed by atoms with E-state index in [1.54, 1.807) is 18.3 Å². The van der Waals surface area contributed by atoms with E-state index < -0.39 is 11.6 Å². The normalized spacial score (nSPS) is 12.0. The van der Waals surface area contributed by atoms with Crippen molar-refractivity contribution in [3.8, 4) is 0 Å². The SMILES string of the molecule is O=C(NCC(CO)Cc1ccc(F)c(F)c1)c1cccnc1. The molecule has 1 unspecified atom stereocenters. The van der Waals surface area contributed by atoms with Crippen LogP contribution in [0.4, 0.5) is 8.78 Å². The van der Waals surface area contributed by atoms with Crippen molar-refractivity contribution < 1.29 is 18.7 Å². The van der Waals surface area contributed by atoms with Crippen LogP contribution in [0, 0.1) is 17.6 Å². The Morgan fingerprint density at radius 1 is 1.27 bits per heavy atom. The maximum atomic E-state index is 13.2. The fourth-order valence-corrected chi connectivity index (χ4v) is 2.04. The fourth-order valence-electron chi connectivity index (χ4n) is 2.04. The van der Waals surface area contributed by atoms with Crippen LogP contribution < -0.4 is 5.32 Å². The molecule has 0 saturated carbocycles. The van der Waals surface area contributed by atoms with Crippen LogP contribution in [0.25, 0.3) is 0 Å². The number of pyridine rings is 1. The zero-order valence-corrected chi connectivity index (χ0v) is 11.8. The molecule has 2 N–H and O–H groups in total. The summed E-state index contributed by atoms with van der Waals surface area (Å²) in [6, 6.07) is 6.89. The van der Waals surface area contributed by atoms with Crippen LogP contribution in [0.2, 0.25) is 0 Å². The van der Waals surface area contributed by atoms with Crippen molar-refractivity contribution in [3.63, 3.8) is 0 Å². The number of aliphatic hydroxyl groups is 1. The van der Waals surface area contributed by atoms with Crippen molar-refractivity contribution in [2.45, 2.75) is 6.42 Å². The van der Waals surface area contributed by atoms with E-state index in [0.29, 0.717) is 17.5 Å². The van der Waals surface area contributed by atoms with Crippen molar-refractivity contribution in [1.29, 1.82) is 0 Å². The molecule has 4 nitrogen and oxygen atoms in total. The van der Waals surface area contributed by atoms with Crippen LogP contribution in [-0.4, -0.2) is 29.1 Å². The number of nitrogens with one attached hydrogen (secondary N) is 1. The molecule has 6 heteroatoms. The zero-order valence-electron chi connectivity index (χ0n) is 11.8. The van der Waals surface area contributed by atoms with Crippen molar-refractivity contribution in [3.05, 3.63) is 65.5 Å². The second-order valence-corrected chi connectivity index (χ2v) is 4.95. The summed E-state index contributed by atoms with van der Waals surface area (Å²) in [6.45, 7) is 0.0511. The molecule has 1 heterocycles. The standard InChI is InChI=1S/C16H16F2N2O2/c17-14-4-3-11(7-15(14)18)6-12(10-21)8-20-16(22)13-2-1-5-19-9-13/h1-5,7,9,12,21H,6,8,10H2,(H,20,22). The molecule has 1 aromatic carbocycles. The van der Waals surface area contributed by atoms with Gasteiger partial charge in [-0.25, -0.2) is 8.78 Å². The molecule has 0 fully saturated rings. The van der Waals surface area contributed by atoms with Crippen LogP contribution in [0.15, 0.2) is 42.7 Å². The Morgan fingerprint density at radius 2 is 2.09 bits per heavy atom. The second-order valence-electron chi connectivity index (χ2n) is 4.95. The summed E-state index contributed by atoms with van der Waals surface area (Å²) in [5.41, 5.74) is 0.987. The molecule has 116 valence electrons. The Morgan fingerprint density at radius 3 is 2.73 bits per heavy atom. The lowest BCUT2D eigenvalue weighted by Crippen LogP contribution is -2.31. The molecule has 2 aromatic rings. The molecular weight excluding hydrogens is 290 g/mol. The monoisotopic (exact) mass is 306 g/mol. The Labute approximate surface area is 126 Å². The Hall–Kier alpha value is -2.34. The van der Waals surface area contributed by atoms with E-state index in [1.165, 1.54) is 12.3 Å². The number of rotatable bonds is 6. The van der Waals surface area contributed by atoms with Gasteiger partial charge in [0.15, 0.2) is 11.6 Å². The molecule has 0 aliphatic rings. The Bertz CT molecular complexity index is 635. The first kappa shape index (κ1) is 16.0. The molecular formula is C16H16F2N2O2. The molecule has 0 bridgehead atoms. The lowest BCUT2D eigenvalue weighted by atomic mass is 9.99. The van der Waals surface area contributed by atoms with Gasteiger partial charge in [0.25, 0.3) is 5.91 Å². The van der Waals surface area contributed by atoms with E-state index >= 15 is 0 Å². The number of hydrogen-bond donors (Lipinski definition) is 2. The highest BCUT2D eigenvalue weighted by Crippen LogP contribution is 2.13. The van der Waals surface area contributed by atoms with Gasteiger partial charge in [-0.05, 0) is 36.2 Å². The number of carbonyl (C=O) groups excluding carboxylic acids is 1. The summed E-state index contributed by atoms with van der Waals surface area (Å²) < 4.78 is 26.0. The number of amides is 1. The van der Waals surface area contributed by atoms with Gasteiger partial charge in [-0.2, -0.15) is 0 Å². The number of hydrogen-bond acceptors (Lipinski definition) is 3. The summed E-state index contributed by atoms with van der Waals surface area (Å²) in [7, 11) is 0. The fraction of sp³-hybridized carbons (Fsp3) is 0.250. The lowest BCUT2D eigenvalue weighted by Gasteiger charge is -2.15. The smallest absolute Gasteiger partial charge is 0.252 e. The summed E-state index contributed by atoms with van der Waals surface area (Å²) in [4.78, 5) is 15.7. The minimum atomic E-state index is -0.923. The third-order valence-electron chi connectivity index (χ3n) is 3.24. The van der Waals surface area contributed by atoms with Gasteiger partial charge in [0.2, 0.25) is 0 Å². The summed E-state index contributed by atoms with van der Waals surface area (Å²) in [5, 5.41) is 12.1. The molecule has 1 atom stereocenters. The number of carbonyl (C=O) groups is 1. The predicted octanol–water partition coefficient (Wildman–Crippen LogP) is 1.94. The first-order chi connectivity index (χ1) is 10.6. The number of aromatic nitrogens is 1. The molecule has 22 heavy (non-hydrogen) atoms. The predicted molar refractivity (Wildman–Crippen MR) is 77.2 cm³/mol. The average molecular weight is 306 g/mol. The maximum Gasteiger partial charge on any atom is 0.252 e. The molecule has 2 rings (SSSR count). The van der Waals surface area contributed by atoms with E-state index in [-0.39, 0.29) is 25.0 Å². The second kappa shape index (κ2) is 7.61. The van der Waals surface area contributed by atoms with E-state index in [9.17, 15) is 18.7 Å². The minimum absolute atomic E-state index is 0.174. The summed E-state index contributed by atoms with van der Waals surface area (Å²) >= 11 is 0. The quantitative estimate of drug-likeness (QED) is 0.857. The van der Waals surface area contributed by atoms with Crippen LogP contribution >= 0.6 is 0 Å². The highest BCUT2D eigenvalue weighted by atomic mass is 19.2. The van der Waals surface area contributed by atoms with Gasteiger partial charge in [0.05, 0.1) is 5.56 Å². The van der Waals surface area contributed by atoms with E-state index in [0.717, 1.165) is 12.1 Å².